The number of nitriles is 1. The Balaban J connectivity index is 2.02. The third-order valence-corrected chi connectivity index (χ3v) is 5.17. The van der Waals surface area contributed by atoms with Crippen molar-refractivity contribution >= 4 is 17.3 Å². The summed E-state index contributed by atoms with van der Waals surface area (Å²) >= 11 is 0. The molecular formula is C22H24N2. The van der Waals surface area contributed by atoms with E-state index in [9.17, 15) is 5.26 Å². The first-order chi connectivity index (χ1) is 11.4. The average Bonchev–Trinajstić information content (AvgIpc) is 2.58. The summed E-state index contributed by atoms with van der Waals surface area (Å²) in [6.07, 6.45) is 3.12. The van der Waals surface area contributed by atoms with Crippen molar-refractivity contribution < 1.29 is 0 Å². The molecule has 2 aromatic carbocycles. The summed E-state index contributed by atoms with van der Waals surface area (Å²) in [5, 5.41) is 9.52. The van der Waals surface area contributed by atoms with Crippen LogP contribution < -0.4 is 4.90 Å². The van der Waals surface area contributed by atoms with Crippen LogP contribution >= 0.6 is 0 Å². The summed E-state index contributed by atoms with van der Waals surface area (Å²) < 4.78 is 0. The van der Waals surface area contributed by atoms with E-state index < -0.39 is 0 Å². The minimum absolute atomic E-state index is 0.172. The lowest BCUT2D eigenvalue weighted by atomic mass is 9.80. The number of hydrogen-bond donors (Lipinski definition) is 0. The lowest BCUT2D eigenvalue weighted by molar-refractivity contribution is 0.395. The Morgan fingerprint density at radius 2 is 1.92 bits per heavy atom. The van der Waals surface area contributed by atoms with E-state index in [4.69, 9.17) is 0 Å². The van der Waals surface area contributed by atoms with Gasteiger partial charge in [-0.25, -0.2) is 0 Å². The second kappa shape index (κ2) is 6.17. The van der Waals surface area contributed by atoms with Crippen molar-refractivity contribution in [2.75, 3.05) is 11.9 Å². The van der Waals surface area contributed by atoms with E-state index in [2.05, 4.69) is 57.0 Å². The Bertz CT molecular complexity index is 810. The zero-order valence-corrected chi connectivity index (χ0v) is 14.9. The Hall–Kier alpha value is -2.53. The fraction of sp³-hybridized carbons (Fsp3) is 0.318. The van der Waals surface area contributed by atoms with Gasteiger partial charge in [0.05, 0.1) is 11.6 Å². The molecule has 0 spiro atoms. The summed E-state index contributed by atoms with van der Waals surface area (Å²) in [4.78, 5) is 2.37. The second-order valence-corrected chi connectivity index (χ2v) is 7.33. The van der Waals surface area contributed by atoms with Crippen molar-refractivity contribution in [3.8, 4) is 6.07 Å². The van der Waals surface area contributed by atoms with Crippen LogP contribution in [-0.2, 0) is 0 Å². The molecule has 1 heterocycles. The molecule has 0 radical (unpaired) electrons. The first-order valence-corrected chi connectivity index (χ1v) is 8.47. The quantitative estimate of drug-likeness (QED) is 0.542. The van der Waals surface area contributed by atoms with E-state index in [0.717, 1.165) is 17.5 Å². The van der Waals surface area contributed by atoms with E-state index in [0.29, 0.717) is 11.5 Å². The molecule has 3 rings (SSSR count). The van der Waals surface area contributed by atoms with Gasteiger partial charge in [-0.15, -0.1) is 0 Å². The number of benzene rings is 2. The largest absolute Gasteiger partial charge is 0.369 e. The molecular weight excluding hydrogens is 292 g/mol. The molecule has 0 aromatic heterocycles. The van der Waals surface area contributed by atoms with Crippen LogP contribution in [0.25, 0.3) is 11.6 Å². The molecule has 1 aliphatic heterocycles. The Morgan fingerprint density at radius 1 is 1.21 bits per heavy atom. The maximum atomic E-state index is 9.52. The summed E-state index contributed by atoms with van der Waals surface area (Å²) in [5.41, 5.74) is 5.60. The lowest BCUT2D eigenvalue weighted by Gasteiger charge is -2.45. The van der Waals surface area contributed by atoms with Gasteiger partial charge >= 0.3 is 0 Å². The van der Waals surface area contributed by atoms with Gasteiger partial charge in [0.1, 0.15) is 0 Å². The topological polar surface area (TPSA) is 27.0 Å². The van der Waals surface area contributed by atoms with Crippen LogP contribution in [0.5, 0.6) is 0 Å². The van der Waals surface area contributed by atoms with Gasteiger partial charge in [-0.1, -0.05) is 43.3 Å². The van der Waals surface area contributed by atoms with E-state index >= 15 is 0 Å². The highest BCUT2D eigenvalue weighted by atomic mass is 15.2. The number of anilines is 1. The molecule has 1 aliphatic rings. The Kier molecular flexibility index (Phi) is 4.20. The van der Waals surface area contributed by atoms with E-state index in [1.54, 1.807) is 0 Å². The molecule has 0 fully saturated rings. The summed E-state index contributed by atoms with van der Waals surface area (Å²) in [6.45, 7) is 6.89. The fourth-order valence-electron chi connectivity index (χ4n) is 3.65. The molecule has 2 nitrogen and oxygen atoms in total. The Morgan fingerprint density at radius 3 is 2.58 bits per heavy atom. The molecule has 0 saturated heterocycles. The molecule has 122 valence electrons. The molecule has 2 aromatic rings. The minimum Gasteiger partial charge on any atom is -0.369 e. The molecule has 0 amide bonds. The van der Waals surface area contributed by atoms with Crippen molar-refractivity contribution in [2.45, 2.75) is 38.6 Å². The number of hydrogen-bond acceptors (Lipinski definition) is 2. The van der Waals surface area contributed by atoms with Crippen molar-refractivity contribution in [3.63, 3.8) is 0 Å². The van der Waals surface area contributed by atoms with E-state index in [-0.39, 0.29) is 5.54 Å². The molecule has 1 unspecified atom stereocenters. The standard InChI is InChI=1S/C22H24N2/c1-16-14-22(2,3)24(4)21-11-10-17(13-20(16)21)12-19(15-23)18-8-6-5-7-9-18/h5-13,16H,14H2,1-4H3/b19-12+. The van der Waals surface area contributed by atoms with Gasteiger partial charge in [-0.2, -0.15) is 5.26 Å². The van der Waals surface area contributed by atoms with Crippen LogP contribution in [0, 0.1) is 11.3 Å². The zero-order chi connectivity index (χ0) is 17.3. The first kappa shape index (κ1) is 16.3. The number of allylic oxidation sites excluding steroid dienone is 1. The van der Waals surface area contributed by atoms with Crippen LogP contribution in [0.1, 0.15) is 49.8 Å². The molecule has 0 saturated carbocycles. The van der Waals surface area contributed by atoms with Gasteiger partial charge < -0.3 is 4.90 Å². The summed E-state index contributed by atoms with van der Waals surface area (Å²) in [6, 6.07) is 18.7. The SMILES string of the molecule is CC1CC(C)(C)N(C)c2ccc(/C=C(\C#N)c3ccccc3)cc21. The molecule has 0 bridgehead atoms. The molecule has 0 aliphatic carbocycles. The predicted molar refractivity (Wildman–Crippen MR) is 102 cm³/mol. The van der Waals surface area contributed by atoms with Gasteiger partial charge in [0.2, 0.25) is 0 Å². The maximum Gasteiger partial charge on any atom is 0.0998 e. The predicted octanol–water partition coefficient (Wildman–Crippen LogP) is 5.47. The lowest BCUT2D eigenvalue weighted by Crippen LogP contribution is -2.45. The second-order valence-electron chi connectivity index (χ2n) is 7.33. The third-order valence-electron chi connectivity index (χ3n) is 5.17. The monoisotopic (exact) mass is 316 g/mol. The zero-order valence-electron chi connectivity index (χ0n) is 14.9. The summed E-state index contributed by atoms with van der Waals surface area (Å²) in [7, 11) is 2.17. The Labute approximate surface area is 145 Å². The first-order valence-electron chi connectivity index (χ1n) is 8.47. The van der Waals surface area contributed by atoms with Gasteiger partial charge in [-0.3, -0.25) is 0 Å². The van der Waals surface area contributed by atoms with Crippen LogP contribution in [0.2, 0.25) is 0 Å². The van der Waals surface area contributed by atoms with Crippen molar-refractivity contribution in [1.29, 1.82) is 5.26 Å². The van der Waals surface area contributed by atoms with Gasteiger partial charge in [0, 0.05) is 18.3 Å². The van der Waals surface area contributed by atoms with Gasteiger partial charge in [0.15, 0.2) is 0 Å². The van der Waals surface area contributed by atoms with Gasteiger partial charge in [-0.05, 0) is 61.1 Å². The van der Waals surface area contributed by atoms with Crippen LogP contribution in [0.4, 0.5) is 5.69 Å². The summed E-state index contributed by atoms with van der Waals surface area (Å²) in [5.74, 6) is 0.516. The highest BCUT2D eigenvalue weighted by molar-refractivity contribution is 5.90. The molecule has 0 N–H and O–H groups in total. The normalized spacial score (nSPS) is 19.5. The number of fused-ring (bicyclic) bond motifs is 1. The highest BCUT2D eigenvalue weighted by Crippen LogP contribution is 2.42. The molecule has 2 heteroatoms. The average molecular weight is 316 g/mol. The molecule has 24 heavy (non-hydrogen) atoms. The number of rotatable bonds is 2. The number of nitrogens with zero attached hydrogens (tertiary/aromatic N) is 2. The van der Waals surface area contributed by atoms with E-state index in [1.807, 2.05) is 36.4 Å². The van der Waals surface area contributed by atoms with E-state index in [1.165, 1.54) is 11.3 Å². The van der Waals surface area contributed by atoms with Crippen LogP contribution in [-0.4, -0.2) is 12.6 Å². The third kappa shape index (κ3) is 2.95. The fourth-order valence-corrected chi connectivity index (χ4v) is 3.65. The smallest absolute Gasteiger partial charge is 0.0998 e. The molecule has 1 atom stereocenters. The highest BCUT2D eigenvalue weighted by Gasteiger charge is 2.33. The van der Waals surface area contributed by atoms with Crippen molar-refractivity contribution in [3.05, 3.63) is 65.2 Å². The van der Waals surface area contributed by atoms with Gasteiger partial charge in [0.25, 0.3) is 0 Å². The van der Waals surface area contributed by atoms with Crippen LogP contribution in [0.15, 0.2) is 48.5 Å². The van der Waals surface area contributed by atoms with Crippen molar-refractivity contribution in [2.24, 2.45) is 0 Å². The maximum absolute atomic E-state index is 9.52. The minimum atomic E-state index is 0.172. The van der Waals surface area contributed by atoms with Crippen LogP contribution in [0.3, 0.4) is 0 Å². The van der Waals surface area contributed by atoms with Crippen molar-refractivity contribution in [1.82, 2.24) is 0 Å².